The second kappa shape index (κ2) is 6.22. The smallest absolute Gasteiger partial charge is 0.242 e. The van der Waals surface area contributed by atoms with Crippen LogP contribution in [0.4, 0.5) is 5.69 Å². The summed E-state index contributed by atoms with van der Waals surface area (Å²) in [6, 6.07) is 7.81. The SMILES string of the molecule is CC1=CCOC[C@H]1N(C(=O)CCl)c1ccc(C)cc1. The van der Waals surface area contributed by atoms with E-state index in [0.29, 0.717) is 13.2 Å². The van der Waals surface area contributed by atoms with Gasteiger partial charge < -0.3 is 9.64 Å². The molecule has 0 saturated carbocycles. The Bertz CT molecular complexity index is 481. The molecule has 1 aromatic carbocycles. The van der Waals surface area contributed by atoms with Crippen molar-refractivity contribution >= 4 is 23.2 Å². The molecule has 0 aromatic heterocycles. The average Bonchev–Trinajstić information content (AvgIpc) is 2.43. The molecule has 1 atom stereocenters. The number of hydrogen-bond donors (Lipinski definition) is 0. The third-order valence-corrected chi connectivity index (χ3v) is 3.56. The van der Waals surface area contributed by atoms with Crippen LogP contribution >= 0.6 is 11.6 Å². The second-order valence-electron chi connectivity index (χ2n) is 4.73. The van der Waals surface area contributed by atoms with Gasteiger partial charge in [0.15, 0.2) is 0 Å². The summed E-state index contributed by atoms with van der Waals surface area (Å²) in [5, 5.41) is 0. The van der Waals surface area contributed by atoms with E-state index < -0.39 is 0 Å². The van der Waals surface area contributed by atoms with Crippen LogP contribution in [0.3, 0.4) is 0 Å². The zero-order chi connectivity index (χ0) is 13.8. The number of amides is 1. The number of rotatable bonds is 3. The quantitative estimate of drug-likeness (QED) is 0.629. The van der Waals surface area contributed by atoms with Crippen molar-refractivity contribution in [1.29, 1.82) is 0 Å². The van der Waals surface area contributed by atoms with Crippen molar-refractivity contribution in [3.8, 4) is 0 Å². The number of carbonyl (C=O) groups excluding carboxylic acids is 1. The van der Waals surface area contributed by atoms with Gasteiger partial charge in [-0.05, 0) is 31.6 Å². The number of alkyl halides is 1. The molecule has 0 aliphatic carbocycles. The molecule has 1 amide bonds. The fraction of sp³-hybridized carbons (Fsp3) is 0.400. The molecule has 2 rings (SSSR count). The lowest BCUT2D eigenvalue weighted by Crippen LogP contribution is -2.46. The Hall–Kier alpha value is -1.32. The summed E-state index contributed by atoms with van der Waals surface area (Å²) in [5.41, 5.74) is 3.17. The monoisotopic (exact) mass is 279 g/mol. The van der Waals surface area contributed by atoms with Crippen molar-refractivity contribution < 1.29 is 9.53 Å². The topological polar surface area (TPSA) is 29.5 Å². The summed E-state index contributed by atoms with van der Waals surface area (Å²) in [6.45, 7) is 5.17. The van der Waals surface area contributed by atoms with E-state index in [2.05, 4.69) is 0 Å². The van der Waals surface area contributed by atoms with E-state index in [1.165, 1.54) is 0 Å². The molecule has 1 aliphatic heterocycles. The van der Waals surface area contributed by atoms with Gasteiger partial charge in [0.05, 0.1) is 19.3 Å². The number of anilines is 1. The largest absolute Gasteiger partial charge is 0.375 e. The minimum atomic E-state index is -0.103. The lowest BCUT2D eigenvalue weighted by atomic mass is 10.0. The summed E-state index contributed by atoms with van der Waals surface area (Å²) in [4.78, 5) is 13.9. The Kier molecular flexibility index (Phi) is 4.61. The molecule has 0 fully saturated rings. The maximum atomic E-state index is 12.2. The van der Waals surface area contributed by atoms with Gasteiger partial charge in [0, 0.05) is 5.69 Å². The Morgan fingerprint density at radius 1 is 1.37 bits per heavy atom. The van der Waals surface area contributed by atoms with E-state index in [1.807, 2.05) is 44.2 Å². The van der Waals surface area contributed by atoms with Gasteiger partial charge in [-0.1, -0.05) is 23.8 Å². The highest BCUT2D eigenvalue weighted by atomic mass is 35.5. The summed E-state index contributed by atoms with van der Waals surface area (Å²) in [5.74, 6) is -0.133. The predicted octanol–water partition coefficient (Wildman–Crippen LogP) is 2.91. The standard InChI is InChI=1S/C15H18ClNO2/c1-11-3-5-13(6-4-11)17(15(18)9-16)14-10-19-8-7-12(14)2/h3-7,14H,8-10H2,1-2H3/t14-/m1/s1. The minimum absolute atomic E-state index is 0.0301. The first kappa shape index (κ1) is 14.1. The van der Waals surface area contributed by atoms with Crippen LogP contribution in [0.1, 0.15) is 12.5 Å². The maximum Gasteiger partial charge on any atom is 0.242 e. The van der Waals surface area contributed by atoms with Crippen molar-refractivity contribution in [2.45, 2.75) is 19.9 Å². The van der Waals surface area contributed by atoms with Crippen LogP contribution in [0, 0.1) is 6.92 Å². The second-order valence-corrected chi connectivity index (χ2v) is 5.00. The highest BCUT2D eigenvalue weighted by Gasteiger charge is 2.27. The molecule has 0 saturated heterocycles. The number of aryl methyl sites for hydroxylation is 1. The van der Waals surface area contributed by atoms with Crippen molar-refractivity contribution in [2.24, 2.45) is 0 Å². The molecule has 1 aromatic rings. The van der Waals surface area contributed by atoms with E-state index in [0.717, 1.165) is 16.8 Å². The van der Waals surface area contributed by atoms with Crippen LogP contribution in [0.15, 0.2) is 35.9 Å². The molecule has 0 bridgehead atoms. The van der Waals surface area contributed by atoms with Crippen molar-refractivity contribution in [2.75, 3.05) is 24.0 Å². The zero-order valence-electron chi connectivity index (χ0n) is 11.2. The zero-order valence-corrected chi connectivity index (χ0v) is 12.0. The van der Waals surface area contributed by atoms with Crippen LogP contribution in [-0.2, 0) is 9.53 Å². The number of benzene rings is 1. The maximum absolute atomic E-state index is 12.2. The predicted molar refractivity (Wildman–Crippen MR) is 77.7 cm³/mol. The molecule has 0 radical (unpaired) electrons. The number of halogens is 1. The van der Waals surface area contributed by atoms with Crippen molar-refractivity contribution in [3.63, 3.8) is 0 Å². The first-order chi connectivity index (χ1) is 9.13. The van der Waals surface area contributed by atoms with E-state index in [4.69, 9.17) is 16.3 Å². The number of carbonyl (C=O) groups is 1. The van der Waals surface area contributed by atoms with E-state index in [1.54, 1.807) is 4.90 Å². The van der Waals surface area contributed by atoms with Crippen LogP contribution < -0.4 is 4.90 Å². The fourth-order valence-corrected chi connectivity index (χ4v) is 2.31. The summed E-state index contributed by atoms with van der Waals surface area (Å²) in [6.07, 6.45) is 2.01. The van der Waals surface area contributed by atoms with Crippen LogP contribution in [-0.4, -0.2) is 31.0 Å². The molecule has 3 nitrogen and oxygen atoms in total. The fourth-order valence-electron chi connectivity index (χ4n) is 2.18. The molecule has 19 heavy (non-hydrogen) atoms. The minimum Gasteiger partial charge on any atom is -0.375 e. The normalized spacial score (nSPS) is 18.9. The third-order valence-electron chi connectivity index (χ3n) is 3.33. The first-order valence-electron chi connectivity index (χ1n) is 6.32. The molecule has 1 aliphatic rings. The van der Waals surface area contributed by atoms with Gasteiger partial charge in [-0.2, -0.15) is 0 Å². The third kappa shape index (κ3) is 3.17. The molecule has 0 unspecified atom stereocenters. The molecule has 0 spiro atoms. The Morgan fingerprint density at radius 3 is 2.63 bits per heavy atom. The van der Waals surface area contributed by atoms with Gasteiger partial charge >= 0.3 is 0 Å². The lowest BCUT2D eigenvalue weighted by molar-refractivity contribution is -0.116. The van der Waals surface area contributed by atoms with Gasteiger partial charge in [0.2, 0.25) is 5.91 Å². The molecular formula is C15H18ClNO2. The van der Waals surface area contributed by atoms with Gasteiger partial charge in [-0.3, -0.25) is 4.79 Å². The molecule has 1 heterocycles. The van der Waals surface area contributed by atoms with Crippen molar-refractivity contribution in [1.82, 2.24) is 0 Å². The first-order valence-corrected chi connectivity index (χ1v) is 6.86. The van der Waals surface area contributed by atoms with Gasteiger partial charge in [-0.15, -0.1) is 11.6 Å². The van der Waals surface area contributed by atoms with Gasteiger partial charge in [-0.25, -0.2) is 0 Å². The summed E-state index contributed by atoms with van der Waals surface area (Å²) in [7, 11) is 0. The van der Waals surface area contributed by atoms with E-state index in [-0.39, 0.29) is 17.8 Å². The van der Waals surface area contributed by atoms with Crippen molar-refractivity contribution in [3.05, 3.63) is 41.5 Å². The molecule has 0 N–H and O–H groups in total. The average molecular weight is 280 g/mol. The Labute approximate surface area is 118 Å². The molecule has 102 valence electrons. The van der Waals surface area contributed by atoms with Gasteiger partial charge in [0.1, 0.15) is 5.88 Å². The molecule has 4 heteroatoms. The van der Waals surface area contributed by atoms with E-state index >= 15 is 0 Å². The van der Waals surface area contributed by atoms with Gasteiger partial charge in [0.25, 0.3) is 0 Å². The van der Waals surface area contributed by atoms with E-state index in [9.17, 15) is 4.79 Å². The molecular weight excluding hydrogens is 262 g/mol. The summed E-state index contributed by atoms with van der Waals surface area (Å²) < 4.78 is 5.46. The summed E-state index contributed by atoms with van der Waals surface area (Å²) >= 11 is 5.74. The Morgan fingerprint density at radius 2 is 2.05 bits per heavy atom. The lowest BCUT2D eigenvalue weighted by Gasteiger charge is -2.34. The number of nitrogens with zero attached hydrogens (tertiary/aromatic N) is 1. The van der Waals surface area contributed by atoms with Crippen LogP contribution in [0.2, 0.25) is 0 Å². The highest BCUT2D eigenvalue weighted by Crippen LogP contribution is 2.24. The number of hydrogen-bond acceptors (Lipinski definition) is 2. The number of ether oxygens (including phenoxy) is 1. The van der Waals surface area contributed by atoms with Crippen LogP contribution in [0.5, 0.6) is 0 Å². The highest BCUT2D eigenvalue weighted by molar-refractivity contribution is 6.29. The van der Waals surface area contributed by atoms with Crippen LogP contribution in [0.25, 0.3) is 0 Å². The Balaban J connectivity index is 2.35.